The van der Waals surface area contributed by atoms with Gasteiger partial charge < -0.3 is 0 Å². The molecule has 0 aromatic carbocycles. The van der Waals surface area contributed by atoms with Gasteiger partial charge in [0.15, 0.2) is 0 Å². The Labute approximate surface area is 58.8 Å². The lowest BCUT2D eigenvalue weighted by atomic mass is 9.89. The molecule has 0 bridgehead atoms. The summed E-state index contributed by atoms with van der Waals surface area (Å²) >= 11 is 10.8. The third-order valence-corrected chi connectivity index (χ3v) is 1.87. The van der Waals surface area contributed by atoms with Crippen molar-refractivity contribution in [3.05, 3.63) is 22.2 Å². The highest BCUT2D eigenvalue weighted by Crippen LogP contribution is 2.33. The second-order valence-electron chi connectivity index (χ2n) is 1.77. The van der Waals surface area contributed by atoms with E-state index >= 15 is 0 Å². The highest BCUT2D eigenvalue weighted by atomic mass is 35.5. The van der Waals surface area contributed by atoms with Gasteiger partial charge in [-0.25, -0.2) is 0 Å². The van der Waals surface area contributed by atoms with E-state index in [1.807, 2.05) is 0 Å². The Hall–Kier alpha value is 0.0600. The minimum absolute atomic E-state index is 1.09. The van der Waals surface area contributed by atoms with Gasteiger partial charge in [0.25, 0.3) is 0 Å². The SMILES string of the molecule is ClC=C1CCC1=CCl. The Morgan fingerprint density at radius 2 is 1.38 bits per heavy atom. The molecule has 1 saturated carbocycles. The summed E-state index contributed by atoms with van der Waals surface area (Å²) in [5, 5.41) is 0. The Morgan fingerprint density at radius 1 is 1.00 bits per heavy atom. The molecule has 0 N–H and O–H groups in total. The zero-order valence-corrected chi connectivity index (χ0v) is 5.84. The summed E-state index contributed by atoms with van der Waals surface area (Å²) in [5.41, 5.74) is 5.55. The van der Waals surface area contributed by atoms with Crippen LogP contribution in [0.1, 0.15) is 12.8 Å². The average molecular weight is 149 g/mol. The van der Waals surface area contributed by atoms with Crippen molar-refractivity contribution in [2.24, 2.45) is 0 Å². The van der Waals surface area contributed by atoms with Crippen LogP contribution in [0.2, 0.25) is 0 Å². The maximum Gasteiger partial charge on any atom is 0.00777 e. The molecule has 0 saturated heterocycles. The molecule has 0 unspecified atom stereocenters. The fourth-order valence-electron chi connectivity index (χ4n) is 0.663. The molecule has 8 heavy (non-hydrogen) atoms. The maximum absolute atomic E-state index is 5.42. The first kappa shape index (κ1) is 6.18. The molecule has 0 amide bonds. The van der Waals surface area contributed by atoms with E-state index in [9.17, 15) is 0 Å². The van der Waals surface area contributed by atoms with Gasteiger partial charge in [-0.2, -0.15) is 0 Å². The highest BCUT2D eigenvalue weighted by Gasteiger charge is 2.14. The van der Waals surface area contributed by atoms with Crippen LogP contribution < -0.4 is 0 Å². The quantitative estimate of drug-likeness (QED) is 0.496. The molecule has 0 spiro atoms. The van der Waals surface area contributed by atoms with Crippen molar-refractivity contribution in [3.8, 4) is 0 Å². The van der Waals surface area contributed by atoms with Gasteiger partial charge in [-0.05, 0) is 24.0 Å². The molecule has 1 rings (SSSR count). The van der Waals surface area contributed by atoms with Crippen molar-refractivity contribution in [2.45, 2.75) is 12.8 Å². The number of hydrogen-bond acceptors (Lipinski definition) is 0. The topological polar surface area (TPSA) is 0 Å². The van der Waals surface area contributed by atoms with Crippen LogP contribution in [0.15, 0.2) is 22.2 Å². The monoisotopic (exact) mass is 148 g/mol. The van der Waals surface area contributed by atoms with Crippen molar-refractivity contribution in [2.75, 3.05) is 0 Å². The largest absolute Gasteiger partial charge is 0.0926 e. The summed E-state index contributed by atoms with van der Waals surface area (Å²) in [5.74, 6) is 0. The fraction of sp³-hybridized carbons (Fsp3) is 0.333. The van der Waals surface area contributed by atoms with Crippen LogP contribution in [0.4, 0.5) is 0 Å². The van der Waals surface area contributed by atoms with Crippen LogP contribution in [0.5, 0.6) is 0 Å². The summed E-state index contributed by atoms with van der Waals surface area (Å²) in [6, 6.07) is 0. The van der Waals surface area contributed by atoms with E-state index in [0.29, 0.717) is 0 Å². The second-order valence-corrected chi connectivity index (χ2v) is 2.21. The van der Waals surface area contributed by atoms with Gasteiger partial charge in [-0.3, -0.25) is 0 Å². The predicted octanol–water partition coefficient (Wildman–Crippen LogP) is 3.03. The van der Waals surface area contributed by atoms with Crippen LogP contribution in [0.3, 0.4) is 0 Å². The third-order valence-electron chi connectivity index (χ3n) is 1.34. The summed E-state index contributed by atoms with van der Waals surface area (Å²) in [6.45, 7) is 0. The lowest BCUT2D eigenvalue weighted by Crippen LogP contribution is -2.00. The first-order valence-electron chi connectivity index (χ1n) is 2.47. The lowest BCUT2D eigenvalue weighted by molar-refractivity contribution is 0.830. The Bertz CT molecular complexity index is 127. The molecular weight excluding hydrogens is 143 g/mol. The number of hydrogen-bond donors (Lipinski definition) is 0. The summed E-state index contributed by atoms with van der Waals surface area (Å²) in [4.78, 5) is 0. The molecule has 0 aliphatic heterocycles. The van der Waals surface area contributed by atoms with Crippen LogP contribution in [0.25, 0.3) is 0 Å². The van der Waals surface area contributed by atoms with Crippen LogP contribution in [-0.4, -0.2) is 0 Å². The molecule has 1 aliphatic rings. The van der Waals surface area contributed by atoms with Crippen molar-refractivity contribution >= 4 is 23.2 Å². The van der Waals surface area contributed by atoms with Gasteiger partial charge in [0, 0.05) is 11.1 Å². The third kappa shape index (κ3) is 0.910. The van der Waals surface area contributed by atoms with E-state index in [1.54, 1.807) is 11.1 Å². The van der Waals surface area contributed by atoms with Gasteiger partial charge in [0.1, 0.15) is 0 Å². The zero-order chi connectivity index (χ0) is 5.98. The lowest BCUT2D eigenvalue weighted by Gasteiger charge is -2.18. The Balaban J connectivity index is 2.64. The fourth-order valence-corrected chi connectivity index (χ4v) is 1.16. The smallest absolute Gasteiger partial charge is 0.00777 e. The minimum Gasteiger partial charge on any atom is -0.0926 e. The number of rotatable bonds is 0. The van der Waals surface area contributed by atoms with Gasteiger partial charge in [-0.1, -0.05) is 23.2 Å². The van der Waals surface area contributed by atoms with E-state index in [-0.39, 0.29) is 0 Å². The average Bonchev–Trinajstić information content (AvgIpc) is 1.66. The van der Waals surface area contributed by atoms with Crippen LogP contribution in [0, 0.1) is 0 Å². The summed E-state index contributed by atoms with van der Waals surface area (Å²) in [6.07, 6.45) is 2.17. The molecular formula is C6H6Cl2. The van der Waals surface area contributed by atoms with Gasteiger partial charge in [-0.15, -0.1) is 0 Å². The van der Waals surface area contributed by atoms with Gasteiger partial charge in [0.2, 0.25) is 0 Å². The molecule has 1 fully saturated rings. The molecule has 0 atom stereocenters. The molecule has 0 heterocycles. The molecule has 0 radical (unpaired) electrons. The molecule has 44 valence electrons. The van der Waals surface area contributed by atoms with Crippen LogP contribution >= 0.6 is 23.2 Å². The van der Waals surface area contributed by atoms with E-state index < -0.39 is 0 Å². The Morgan fingerprint density at radius 3 is 1.50 bits per heavy atom. The number of halogens is 2. The summed E-state index contributed by atoms with van der Waals surface area (Å²) in [7, 11) is 0. The minimum atomic E-state index is 1.09. The molecule has 2 heteroatoms. The second kappa shape index (κ2) is 2.56. The molecule has 0 nitrogen and oxygen atoms in total. The van der Waals surface area contributed by atoms with Crippen molar-refractivity contribution in [1.29, 1.82) is 0 Å². The normalized spacial score (nSPS) is 28.8. The predicted molar refractivity (Wildman–Crippen MR) is 37.1 cm³/mol. The van der Waals surface area contributed by atoms with E-state index in [4.69, 9.17) is 23.2 Å². The zero-order valence-electron chi connectivity index (χ0n) is 4.32. The van der Waals surface area contributed by atoms with Gasteiger partial charge in [0.05, 0.1) is 0 Å². The van der Waals surface area contributed by atoms with E-state index in [0.717, 1.165) is 12.8 Å². The van der Waals surface area contributed by atoms with Gasteiger partial charge >= 0.3 is 0 Å². The standard InChI is InChI=1S/C6H6Cl2/c7-3-5-1-2-6(5)4-8/h3-4H,1-2H2. The van der Waals surface area contributed by atoms with Crippen molar-refractivity contribution in [3.63, 3.8) is 0 Å². The van der Waals surface area contributed by atoms with E-state index in [2.05, 4.69) is 0 Å². The first-order chi connectivity index (χ1) is 3.88. The van der Waals surface area contributed by atoms with Crippen molar-refractivity contribution in [1.82, 2.24) is 0 Å². The number of allylic oxidation sites excluding steroid dienone is 2. The van der Waals surface area contributed by atoms with Crippen LogP contribution in [-0.2, 0) is 0 Å². The maximum atomic E-state index is 5.42. The molecule has 0 aromatic heterocycles. The summed E-state index contributed by atoms with van der Waals surface area (Å²) < 4.78 is 0. The Kier molecular flexibility index (Phi) is 1.98. The first-order valence-corrected chi connectivity index (χ1v) is 3.34. The molecule has 0 aromatic rings. The highest BCUT2D eigenvalue weighted by molar-refractivity contribution is 6.27. The molecule has 1 aliphatic carbocycles. The van der Waals surface area contributed by atoms with Crippen molar-refractivity contribution < 1.29 is 0 Å². The van der Waals surface area contributed by atoms with E-state index in [1.165, 1.54) is 11.1 Å².